The topological polar surface area (TPSA) is 12.0 Å². The highest BCUT2D eigenvalue weighted by atomic mass is 79.9. The summed E-state index contributed by atoms with van der Waals surface area (Å²) in [6, 6.07) is 13.5. The van der Waals surface area contributed by atoms with Crippen LogP contribution < -0.4 is 5.32 Å². The van der Waals surface area contributed by atoms with Crippen molar-refractivity contribution in [2.75, 3.05) is 7.05 Å². The number of benzene rings is 2. The van der Waals surface area contributed by atoms with E-state index in [0.29, 0.717) is 0 Å². The number of hydrogen-bond donors (Lipinski definition) is 1. The smallest absolute Gasteiger partial charge is 0.124 e. The Morgan fingerprint density at radius 2 is 2.00 bits per heavy atom. The van der Waals surface area contributed by atoms with Crippen LogP contribution in [0.4, 0.5) is 4.39 Å². The van der Waals surface area contributed by atoms with Crippen LogP contribution in [0.5, 0.6) is 0 Å². The number of halogens is 2. The first-order valence-corrected chi connectivity index (χ1v) is 7.07. The van der Waals surface area contributed by atoms with Gasteiger partial charge in [0.15, 0.2) is 0 Å². The van der Waals surface area contributed by atoms with Gasteiger partial charge in [0.05, 0.1) is 0 Å². The van der Waals surface area contributed by atoms with Crippen LogP contribution in [-0.4, -0.2) is 7.05 Å². The zero-order chi connectivity index (χ0) is 13.8. The molecule has 1 nitrogen and oxygen atoms in total. The molecule has 1 atom stereocenters. The van der Waals surface area contributed by atoms with E-state index in [9.17, 15) is 4.39 Å². The van der Waals surface area contributed by atoms with Crippen LogP contribution in [0.25, 0.3) is 0 Å². The summed E-state index contributed by atoms with van der Waals surface area (Å²) in [7, 11) is 1.93. The van der Waals surface area contributed by atoms with E-state index in [1.165, 1.54) is 23.3 Å². The zero-order valence-corrected chi connectivity index (χ0v) is 12.7. The second-order valence-corrected chi connectivity index (χ2v) is 5.55. The third-order valence-electron chi connectivity index (χ3n) is 3.21. The summed E-state index contributed by atoms with van der Waals surface area (Å²) in [6.45, 7) is 2.09. The maximum atomic E-state index is 13.1. The van der Waals surface area contributed by atoms with Crippen LogP contribution >= 0.6 is 15.9 Å². The third kappa shape index (κ3) is 3.64. The quantitative estimate of drug-likeness (QED) is 0.880. The van der Waals surface area contributed by atoms with Crippen molar-refractivity contribution in [3.05, 3.63) is 69.4 Å². The molecule has 3 heteroatoms. The lowest BCUT2D eigenvalue weighted by molar-refractivity contribution is 0.583. The van der Waals surface area contributed by atoms with Gasteiger partial charge in [0, 0.05) is 10.5 Å². The number of nitrogens with one attached hydrogen (secondary N) is 1. The summed E-state index contributed by atoms with van der Waals surface area (Å²) in [5.41, 5.74) is 3.60. The van der Waals surface area contributed by atoms with Crippen LogP contribution in [0.1, 0.15) is 22.7 Å². The van der Waals surface area contributed by atoms with Gasteiger partial charge in [0.2, 0.25) is 0 Å². The molecule has 2 aromatic rings. The lowest BCUT2D eigenvalue weighted by Crippen LogP contribution is -2.19. The van der Waals surface area contributed by atoms with Gasteiger partial charge in [0.25, 0.3) is 0 Å². The van der Waals surface area contributed by atoms with Gasteiger partial charge in [-0.2, -0.15) is 0 Å². The molecule has 0 saturated carbocycles. The maximum absolute atomic E-state index is 13.1. The lowest BCUT2D eigenvalue weighted by Gasteiger charge is -2.18. The molecule has 0 spiro atoms. The van der Waals surface area contributed by atoms with Crippen LogP contribution in [0.3, 0.4) is 0 Å². The molecule has 1 unspecified atom stereocenters. The first kappa shape index (κ1) is 14.2. The Balaban J connectivity index is 2.25. The number of hydrogen-bond acceptors (Lipinski definition) is 1. The van der Waals surface area contributed by atoms with Gasteiger partial charge in [-0.15, -0.1) is 0 Å². The molecule has 0 bridgehead atoms. The van der Waals surface area contributed by atoms with Crippen LogP contribution in [-0.2, 0) is 6.42 Å². The molecule has 0 aliphatic rings. The monoisotopic (exact) mass is 321 g/mol. The molecule has 0 heterocycles. The van der Waals surface area contributed by atoms with E-state index in [-0.39, 0.29) is 11.9 Å². The van der Waals surface area contributed by atoms with Gasteiger partial charge in [-0.1, -0.05) is 51.8 Å². The van der Waals surface area contributed by atoms with Gasteiger partial charge >= 0.3 is 0 Å². The number of aryl methyl sites for hydroxylation is 1. The molecule has 0 amide bonds. The molecule has 0 fully saturated rings. The molecule has 0 aliphatic carbocycles. The van der Waals surface area contributed by atoms with E-state index in [0.717, 1.165) is 16.5 Å². The highest BCUT2D eigenvalue weighted by Gasteiger charge is 2.13. The van der Waals surface area contributed by atoms with Gasteiger partial charge in [0.1, 0.15) is 5.82 Å². The molecule has 0 aromatic heterocycles. The summed E-state index contributed by atoms with van der Waals surface area (Å²) in [6.07, 6.45) is 0.877. The Morgan fingerprint density at radius 1 is 1.21 bits per heavy atom. The van der Waals surface area contributed by atoms with Crippen molar-refractivity contribution in [1.29, 1.82) is 0 Å². The molecule has 0 saturated heterocycles. The fourth-order valence-corrected chi connectivity index (χ4v) is 2.85. The van der Waals surface area contributed by atoms with E-state index in [2.05, 4.69) is 52.4 Å². The molecular formula is C16H17BrFN. The molecule has 2 rings (SSSR count). The molecule has 1 N–H and O–H groups in total. The predicted molar refractivity (Wildman–Crippen MR) is 80.8 cm³/mol. The van der Waals surface area contributed by atoms with E-state index in [1.807, 2.05) is 13.1 Å². The van der Waals surface area contributed by atoms with Gasteiger partial charge < -0.3 is 5.32 Å². The molecule has 100 valence electrons. The standard InChI is InChI=1S/C16H17BrFN/c1-11-4-3-5-12(8-11)9-16(19-2)14-7-6-13(18)10-15(14)17/h3-8,10,16,19H,9H2,1-2H3. The van der Waals surface area contributed by atoms with Crippen LogP contribution in [0, 0.1) is 12.7 Å². The zero-order valence-electron chi connectivity index (χ0n) is 11.1. The summed E-state index contributed by atoms with van der Waals surface area (Å²) in [4.78, 5) is 0. The average Bonchev–Trinajstić information content (AvgIpc) is 2.37. The molecule has 19 heavy (non-hydrogen) atoms. The largest absolute Gasteiger partial charge is 0.313 e. The number of likely N-dealkylation sites (N-methyl/N-ethyl adjacent to an activating group) is 1. The minimum absolute atomic E-state index is 0.164. The fourth-order valence-electron chi connectivity index (χ4n) is 2.23. The SMILES string of the molecule is CNC(Cc1cccc(C)c1)c1ccc(F)cc1Br. The van der Waals surface area contributed by atoms with Crippen molar-refractivity contribution in [2.24, 2.45) is 0 Å². The summed E-state index contributed by atoms with van der Waals surface area (Å²) >= 11 is 3.44. The van der Waals surface area contributed by atoms with Crippen molar-refractivity contribution in [3.8, 4) is 0 Å². The Kier molecular flexibility index (Phi) is 4.72. The normalized spacial score (nSPS) is 12.4. The van der Waals surface area contributed by atoms with Crippen LogP contribution in [0.15, 0.2) is 46.9 Å². The summed E-state index contributed by atoms with van der Waals surface area (Å²) in [5.74, 6) is -0.221. The summed E-state index contributed by atoms with van der Waals surface area (Å²) in [5, 5.41) is 3.29. The van der Waals surface area contributed by atoms with Gasteiger partial charge in [-0.25, -0.2) is 4.39 Å². The number of rotatable bonds is 4. The van der Waals surface area contributed by atoms with Crippen molar-refractivity contribution in [3.63, 3.8) is 0 Å². The average molecular weight is 322 g/mol. The highest BCUT2D eigenvalue weighted by Crippen LogP contribution is 2.27. The molecule has 0 aliphatic heterocycles. The molecular weight excluding hydrogens is 305 g/mol. The lowest BCUT2D eigenvalue weighted by atomic mass is 9.98. The van der Waals surface area contributed by atoms with Gasteiger partial charge in [-0.3, -0.25) is 0 Å². The fraction of sp³-hybridized carbons (Fsp3) is 0.250. The van der Waals surface area contributed by atoms with Crippen molar-refractivity contribution < 1.29 is 4.39 Å². The van der Waals surface area contributed by atoms with E-state index in [4.69, 9.17) is 0 Å². The van der Waals surface area contributed by atoms with Gasteiger partial charge in [-0.05, 0) is 43.7 Å². The minimum Gasteiger partial charge on any atom is -0.313 e. The Bertz CT molecular complexity index is 568. The first-order chi connectivity index (χ1) is 9.10. The van der Waals surface area contributed by atoms with E-state index < -0.39 is 0 Å². The Morgan fingerprint density at radius 3 is 2.63 bits per heavy atom. The minimum atomic E-state index is -0.221. The Hall–Kier alpha value is -1.19. The predicted octanol–water partition coefficient (Wildman–Crippen LogP) is 4.40. The third-order valence-corrected chi connectivity index (χ3v) is 3.90. The van der Waals surface area contributed by atoms with E-state index in [1.54, 1.807) is 0 Å². The maximum Gasteiger partial charge on any atom is 0.124 e. The van der Waals surface area contributed by atoms with E-state index >= 15 is 0 Å². The second kappa shape index (κ2) is 6.31. The van der Waals surface area contributed by atoms with Crippen molar-refractivity contribution >= 4 is 15.9 Å². The first-order valence-electron chi connectivity index (χ1n) is 6.28. The molecule has 0 radical (unpaired) electrons. The second-order valence-electron chi connectivity index (χ2n) is 4.70. The molecule has 2 aromatic carbocycles. The van der Waals surface area contributed by atoms with Crippen LogP contribution in [0.2, 0.25) is 0 Å². The van der Waals surface area contributed by atoms with Crippen molar-refractivity contribution in [1.82, 2.24) is 5.32 Å². The van der Waals surface area contributed by atoms with Crippen molar-refractivity contribution in [2.45, 2.75) is 19.4 Å². The highest BCUT2D eigenvalue weighted by molar-refractivity contribution is 9.10. The Labute approximate surface area is 122 Å². The summed E-state index contributed by atoms with van der Waals surface area (Å²) < 4.78 is 13.9.